The molecule has 4 aromatic rings. The third-order valence-corrected chi connectivity index (χ3v) is 6.50. The molecule has 1 aromatic heterocycles. The molecule has 0 saturated heterocycles. The zero-order valence-electron chi connectivity index (χ0n) is 18.4. The molecule has 0 spiro atoms. The molecule has 1 atom stereocenters. The Morgan fingerprint density at radius 1 is 1.12 bits per heavy atom. The molecular formula is C26H26N2O3S. The molecule has 0 amide bonds. The molecule has 1 heterocycles. The molecule has 0 saturated carbocycles. The van der Waals surface area contributed by atoms with Crippen molar-refractivity contribution in [3.05, 3.63) is 71.8 Å². The largest absolute Gasteiger partial charge is 0.480 e. The van der Waals surface area contributed by atoms with Crippen molar-refractivity contribution in [1.82, 2.24) is 10.3 Å². The number of rotatable bonds is 8. The summed E-state index contributed by atoms with van der Waals surface area (Å²) in [5, 5.41) is 12.4. The van der Waals surface area contributed by atoms with E-state index in [9.17, 15) is 9.90 Å². The van der Waals surface area contributed by atoms with Crippen LogP contribution in [-0.2, 0) is 11.3 Å². The molecule has 5 nitrogen and oxygen atoms in total. The lowest BCUT2D eigenvalue weighted by Crippen LogP contribution is -2.35. The number of carboxylic acids is 1. The van der Waals surface area contributed by atoms with Crippen LogP contribution in [0.5, 0.6) is 0 Å². The van der Waals surface area contributed by atoms with E-state index in [0.29, 0.717) is 18.9 Å². The maximum Gasteiger partial charge on any atom is 0.320 e. The number of carbonyl (C=O) groups is 1. The summed E-state index contributed by atoms with van der Waals surface area (Å²) in [6.07, 6.45) is 2.53. The fraction of sp³-hybridized carbons (Fsp3) is 0.231. The highest BCUT2D eigenvalue weighted by Crippen LogP contribution is 2.34. The van der Waals surface area contributed by atoms with Crippen LogP contribution in [0.15, 0.2) is 70.0 Å². The van der Waals surface area contributed by atoms with Crippen molar-refractivity contribution in [3.8, 4) is 22.6 Å². The molecule has 4 rings (SSSR count). The fourth-order valence-electron chi connectivity index (χ4n) is 3.88. The van der Waals surface area contributed by atoms with Gasteiger partial charge in [-0.05, 0) is 60.1 Å². The highest BCUT2D eigenvalue weighted by Gasteiger charge is 2.18. The number of nitrogens with zero attached hydrogens (tertiary/aromatic N) is 1. The van der Waals surface area contributed by atoms with Gasteiger partial charge in [0.25, 0.3) is 0 Å². The van der Waals surface area contributed by atoms with Crippen molar-refractivity contribution >= 4 is 28.8 Å². The van der Waals surface area contributed by atoms with Crippen molar-refractivity contribution in [2.75, 3.05) is 6.26 Å². The Morgan fingerprint density at radius 2 is 1.88 bits per heavy atom. The van der Waals surface area contributed by atoms with Crippen molar-refractivity contribution in [2.24, 2.45) is 0 Å². The van der Waals surface area contributed by atoms with Crippen molar-refractivity contribution in [1.29, 1.82) is 0 Å². The average molecular weight is 447 g/mol. The second-order valence-electron chi connectivity index (χ2n) is 7.67. The van der Waals surface area contributed by atoms with E-state index < -0.39 is 12.0 Å². The Labute approximate surface area is 191 Å². The Hall–Kier alpha value is -3.09. The molecule has 0 aliphatic rings. The molecule has 0 unspecified atom stereocenters. The van der Waals surface area contributed by atoms with Crippen LogP contribution in [0.3, 0.4) is 0 Å². The Kier molecular flexibility index (Phi) is 6.63. The minimum Gasteiger partial charge on any atom is -0.480 e. The van der Waals surface area contributed by atoms with Crippen molar-refractivity contribution in [2.45, 2.75) is 37.8 Å². The summed E-state index contributed by atoms with van der Waals surface area (Å²) in [5.41, 5.74) is 6.89. The lowest BCUT2D eigenvalue weighted by molar-refractivity contribution is -0.139. The van der Waals surface area contributed by atoms with Gasteiger partial charge in [-0.2, -0.15) is 0 Å². The number of nitrogens with one attached hydrogen (secondary N) is 1. The zero-order valence-corrected chi connectivity index (χ0v) is 19.2. The minimum absolute atomic E-state index is 0.460. The highest BCUT2D eigenvalue weighted by atomic mass is 32.2. The van der Waals surface area contributed by atoms with Crippen LogP contribution < -0.4 is 5.32 Å². The summed E-state index contributed by atoms with van der Waals surface area (Å²) in [5.74, 6) is -0.249. The van der Waals surface area contributed by atoms with Crippen molar-refractivity contribution < 1.29 is 14.3 Å². The van der Waals surface area contributed by atoms with Gasteiger partial charge >= 0.3 is 5.97 Å². The predicted octanol–water partition coefficient (Wildman–Crippen LogP) is 6.14. The summed E-state index contributed by atoms with van der Waals surface area (Å²) < 4.78 is 6.17. The van der Waals surface area contributed by atoms with Crippen LogP contribution in [0.2, 0.25) is 0 Å². The molecule has 0 fully saturated rings. The van der Waals surface area contributed by atoms with Crippen LogP contribution in [0.4, 0.5) is 0 Å². The third kappa shape index (κ3) is 4.42. The molecule has 2 N–H and O–H groups in total. The maximum absolute atomic E-state index is 11.3. The highest BCUT2D eigenvalue weighted by molar-refractivity contribution is 7.98. The normalized spacial score (nSPS) is 12.2. The molecule has 3 aromatic carbocycles. The minimum atomic E-state index is -0.836. The first-order valence-electron chi connectivity index (χ1n) is 10.6. The molecule has 0 aliphatic carbocycles. The number of fused-ring (bicyclic) bond motifs is 1. The Bertz CT molecular complexity index is 1250. The van der Waals surface area contributed by atoms with Gasteiger partial charge in [-0.25, -0.2) is 4.98 Å². The lowest BCUT2D eigenvalue weighted by atomic mass is 9.96. The van der Waals surface area contributed by atoms with Gasteiger partial charge in [0, 0.05) is 17.0 Å². The van der Waals surface area contributed by atoms with Gasteiger partial charge in [0.1, 0.15) is 11.6 Å². The summed E-state index contributed by atoms with van der Waals surface area (Å²) in [6.45, 7) is 4.41. The second-order valence-corrected chi connectivity index (χ2v) is 8.52. The summed E-state index contributed by atoms with van der Waals surface area (Å²) in [7, 11) is 0. The van der Waals surface area contributed by atoms with Crippen LogP contribution in [-0.4, -0.2) is 28.4 Å². The number of benzene rings is 3. The summed E-state index contributed by atoms with van der Waals surface area (Å²) in [6, 6.07) is 19.9. The van der Waals surface area contributed by atoms with Crippen LogP contribution >= 0.6 is 11.8 Å². The number of carboxylic acid groups (broad SMARTS) is 1. The molecule has 6 heteroatoms. The molecule has 0 radical (unpaired) electrons. The van der Waals surface area contributed by atoms with E-state index in [4.69, 9.17) is 9.40 Å². The first kappa shape index (κ1) is 22.1. The van der Waals surface area contributed by atoms with Crippen LogP contribution in [0.1, 0.15) is 24.5 Å². The van der Waals surface area contributed by atoms with E-state index in [1.54, 1.807) is 11.8 Å². The second kappa shape index (κ2) is 9.59. The number of hydrogen-bond acceptors (Lipinski definition) is 5. The van der Waals surface area contributed by atoms with Gasteiger partial charge in [0.15, 0.2) is 5.58 Å². The monoisotopic (exact) mass is 446 g/mol. The SMILES string of the molecule is CC[C@@H](NCc1cc2nc(-c3cccc(-c4ccccc4)c3C)oc2cc1SC)C(=O)O. The van der Waals surface area contributed by atoms with E-state index in [-0.39, 0.29) is 0 Å². The average Bonchev–Trinajstić information content (AvgIpc) is 3.22. The molecule has 164 valence electrons. The lowest BCUT2D eigenvalue weighted by Gasteiger charge is -2.13. The van der Waals surface area contributed by atoms with E-state index in [1.807, 2.05) is 55.6 Å². The number of aliphatic carboxylic acids is 1. The molecule has 32 heavy (non-hydrogen) atoms. The smallest absolute Gasteiger partial charge is 0.320 e. The maximum atomic E-state index is 11.3. The fourth-order valence-corrected chi connectivity index (χ4v) is 4.50. The third-order valence-electron chi connectivity index (χ3n) is 5.68. The number of oxazole rings is 1. The molecular weight excluding hydrogens is 420 g/mol. The van der Waals surface area contributed by atoms with Crippen LogP contribution in [0, 0.1) is 6.92 Å². The van der Waals surface area contributed by atoms with Gasteiger partial charge in [-0.15, -0.1) is 11.8 Å². The predicted molar refractivity (Wildman–Crippen MR) is 130 cm³/mol. The molecule has 0 aliphatic heterocycles. The standard InChI is InChI=1S/C26H26N2O3S/c1-4-21(26(29)30)27-15-18-13-22-23(14-24(18)32-3)31-25(28-22)20-12-8-11-19(16(20)2)17-9-6-5-7-10-17/h5-14,21,27H,4,15H2,1-3H3,(H,29,30)/t21-/m1/s1. The quantitative estimate of drug-likeness (QED) is 0.316. The van der Waals surface area contributed by atoms with E-state index in [0.717, 1.165) is 43.8 Å². The van der Waals surface area contributed by atoms with E-state index >= 15 is 0 Å². The molecule has 0 bridgehead atoms. The van der Waals surface area contributed by atoms with Gasteiger partial charge in [0.2, 0.25) is 5.89 Å². The van der Waals surface area contributed by atoms with Crippen molar-refractivity contribution in [3.63, 3.8) is 0 Å². The van der Waals surface area contributed by atoms with Gasteiger partial charge < -0.3 is 14.8 Å². The number of hydrogen-bond donors (Lipinski definition) is 2. The zero-order chi connectivity index (χ0) is 22.7. The topological polar surface area (TPSA) is 75.4 Å². The summed E-state index contributed by atoms with van der Waals surface area (Å²) >= 11 is 1.61. The Morgan fingerprint density at radius 3 is 2.56 bits per heavy atom. The summed E-state index contributed by atoms with van der Waals surface area (Å²) in [4.78, 5) is 17.2. The van der Waals surface area contributed by atoms with Crippen LogP contribution in [0.25, 0.3) is 33.7 Å². The van der Waals surface area contributed by atoms with Gasteiger partial charge in [-0.1, -0.05) is 49.4 Å². The number of aromatic nitrogens is 1. The Balaban J connectivity index is 1.71. The van der Waals surface area contributed by atoms with Gasteiger partial charge in [-0.3, -0.25) is 4.79 Å². The first-order valence-corrected chi connectivity index (χ1v) is 11.8. The van der Waals surface area contributed by atoms with Gasteiger partial charge in [0.05, 0.1) is 0 Å². The van der Waals surface area contributed by atoms with E-state index in [2.05, 4.69) is 30.4 Å². The number of thioether (sulfide) groups is 1. The first-order chi connectivity index (χ1) is 15.5. The van der Waals surface area contributed by atoms with E-state index in [1.165, 1.54) is 0 Å².